The maximum absolute atomic E-state index is 11.4. The molecular formula is C15H19NO9. The highest BCUT2D eigenvalue weighted by molar-refractivity contribution is 5.68. The first-order chi connectivity index (χ1) is 11.6. The molecule has 1 heterocycles. The summed E-state index contributed by atoms with van der Waals surface area (Å²) in [6.45, 7) is 4.14. The van der Waals surface area contributed by atoms with Crippen molar-refractivity contribution in [3.05, 3.63) is 0 Å². The van der Waals surface area contributed by atoms with Crippen molar-refractivity contribution >= 4 is 23.9 Å². The van der Waals surface area contributed by atoms with Gasteiger partial charge in [0.05, 0.1) is 6.07 Å². The number of nitrogens with zero attached hydrogens (tertiary/aromatic N) is 1. The fourth-order valence-electron chi connectivity index (χ4n) is 2.33. The summed E-state index contributed by atoms with van der Waals surface area (Å²) in [4.78, 5) is 45.2. The molecular weight excluding hydrogens is 338 g/mol. The molecule has 25 heavy (non-hydrogen) atoms. The van der Waals surface area contributed by atoms with Crippen molar-refractivity contribution < 1.29 is 42.9 Å². The van der Waals surface area contributed by atoms with E-state index in [4.69, 9.17) is 23.7 Å². The van der Waals surface area contributed by atoms with Crippen LogP contribution in [0.1, 0.15) is 27.7 Å². The number of rotatable bonds is 5. The quantitative estimate of drug-likeness (QED) is 0.473. The lowest BCUT2D eigenvalue weighted by Gasteiger charge is -2.42. The van der Waals surface area contributed by atoms with Gasteiger partial charge in [0.1, 0.15) is 12.7 Å². The summed E-state index contributed by atoms with van der Waals surface area (Å²) in [7, 11) is 0. The van der Waals surface area contributed by atoms with Crippen LogP contribution in [0.2, 0.25) is 0 Å². The van der Waals surface area contributed by atoms with Gasteiger partial charge in [-0.05, 0) is 0 Å². The van der Waals surface area contributed by atoms with Crippen LogP contribution in [0, 0.1) is 11.3 Å². The minimum Gasteiger partial charge on any atom is -0.463 e. The van der Waals surface area contributed by atoms with Crippen molar-refractivity contribution in [2.24, 2.45) is 0 Å². The molecule has 1 aliphatic heterocycles. The second-order valence-corrected chi connectivity index (χ2v) is 5.25. The summed E-state index contributed by atoms with van der Waals surface area (Å²) in [5, 5.41) is 9.27. The lowest BCUT2D eigenvalue weighted by atomic mass is 9.94. The molecule has 0 saturated carbocycles. The second-order valence-electron chi connectivity index (χ2n) is 5.25. The van der Waals surface area contributed by atoms with E-state index in [1.807, 2.05) is 0 Å². The predicted molar refractivity (Wildman–Crippen MR) is 77.6 cm³/mol. The van der Waals surface area contributed by atoms with E-state index in [9.17, 15) is 24.4 Å². The van der Waals surface area contributed by atoms with Crippen molar-refractivity contribution in [2.45, 2.75) is 58.2 Å². The Morgan fingerprint density at radius 1 is 0.840 bits per heavy atom. The maximum atomic E-state index is 11.4. The molecule has 0 amide bonds. The third-order valence-electron chi connectivity index (χ3n) is 3.12. The van der Waals surface area contributed by atoms with Gasteiger partial charge in [-0.1, -0.05) is 0 Å². The molecule has 0 unspecified atom stereocenters. The monoisotopic (exact) mass is 357 g/mol. The van der Waals surface area contributed by atoms with Crippen LogP contribution < -0.4 is 0 Å². The molecule has 138 valence electrons. The summed E-state index contributed by atoms with van der Waals surface area (Å²) < 4.78 is 25.6. The van der Waals surface area contributed by atoms with Crippen molar-refractivity contribution in [1.29, 1.82) is 5.26 Å². The summed E-state index contributed by atoms with van der Waals surface area (Å²) >= 11 is 0. The molecule has 10 heteroatoms. The number of hydrogen-bond acceptors (Lipinski definition) is 10. The number of ether oxygens (including phenoxy) is 5. The van der Waals surface area contributed by atoms with E-state index in [-0.39, 0.29) is 6.61 Å². The lowest BCUT2D eigenvalue weighted by molar-refractivity contribution is -0.243. The number of carbonyl (C=O) groups excluding carboxylic acids is 4. The average molecular weight is 357 g/mol. The van der Waals surface area contributed by atoms with Crippen LogP contribution in [-0.2, 0) is 42.9 Å². The zero-order valence-electron chi connectivity index (χ0n) is 14.2. The molecule has 10 nitrogen and oxygen atoms in total. The van der Waals surface area contributed by atoms with Crippen molar-refractivity contribution in [2.75, 3.05) is 6.61 Å². The molecule has 1 rings (SSSR count). The Labute approximate surface area is 143 Å². The van der Waals surface area contributed by atoms with Crippen LogP contribution in [0.15, 0.2) is 0 Å². The number of hydrogen-bond donors (Lipinski definition) is 0. The van der Waals surface area contributed by atoms with Crippen LogP contribution in [0.4, 0.5) is 0 Å². The van der Waals surface area contributed by atoms with E-state index in [0.717, 1.165) is 27.7 Å². The van der Waals surface area contributed by atoms with Crippen molar-refractivity contribution in [3.8, 4) is 6.07 Å². The Kier molecular flexibility index (Phi) is 7.32. The molecule has 0 aliphatic carbocycles. The predicted octanol–water partition coefficient (Wildman–Crippen LogP) is -0.364. The molecule has 0 N–H and O–H groups in total. The minimum absolute atomic E-state index is 0.351. The van der Waals surface area contributed by atoms with Crippen LogP contribution in [0.5, 0.6) is 0 Å². The fraction of sp³-hybridized carbons (Fsp3) is 0.667. The SMILES string of the molecule is CC(=O)OC[C@H]1O[C@@H](C#N)[C@@H](OC(C)=O)[C@@H](OC(C)=O)[C@@H]1OC(C)=O. The lowest BCUT2D eigenvalue weighted by Crippen LogP contribution is -2.62. The highest BCUT2D eigenvalue weighted by Crippen LogP contribution is 2.28. The smallest absolute Gasteiger partial charge is 0.303 e. The summed E-state index contributed by atoms with van der Waals surface area (Å²) in [6, 6.07) is 1.78. The Morgan fingerprint density at radius 3 is 1.76 bits per heavy atom. The number of nitriles is 1. The Bertz CT molecular complexity index is 582. The Balaban J connectivity index is 3.21. The van der Waals surface area contributed by atoms with Gasteiger partial charge in [-0.25, -0.2) is 0 Å². The molecule has 0 radical (unpaired) electrons. The van der Waals surface area contributed by atoms with E-state index in [2.05, 4.69) is 0 Å². The molecule has 0 aromatic heterocycles. The number of esters is 4. The first-order valence-electron chi connectivity index (χ1n) is 7.35. The number of carbonyl (C=O) groups is 4. The summed E-state index contributed by atoms with van der Waals surface area (Å²) in [5.41, 5.74) is 0. The van der Waals surface area contributed by atoms with Gasteiger partial charge in [0.15, 0.2) is 24.4 Å². The first kappa shape index (κ1) is 20.4. The van der Waals surface area contributed by atoms with Gasteiger partial charge in [0.25, 0.3) is 0 Å². The normalized spacial score (nSPS) is 28.2. The molecule has 0 spiro atoms. The zero-order chi connectivity index (χ0) is 19.1. The molecule has 0 aromatic rings. The van der Waals surface area contributed by atoms with Crippen LogP contribution in [0.3, 0.4) is 0 Å². The Morgan fingerprint density at radius 2 is 1.32 bits per heavy atom. The molecule has 1 fully saturated rings. The van der Waals surface area contributed by atoms with E-state index >= 15 is 0 Å². The highest BCUT2D eigenvalue weighted by atomic mass is 16.7. The van der Waals surface area contributed by atoms with Gasteiger partial charge in [-0.3, -0.25) is 19.2 Å². The van der Waals surface area contributed by atoms with E-state index in [1.165, 1.54) is 0 Å². The third-order valence-corrected chi connectivity index (χ3v) is 3.12. The third kappa shape index (κ3) is 6.04. The first-order valence-corrected chi connectivity index (χ1v) is 7.35. The van der Waals surface area contributed by atoms with Crippen LogP contribution in [0.25, 0.3) is 0 Å². The molecule has 1 saturated heterocycles. The van der Waals surface area contributed by atoms with Gasteiger partial charge in [-0.2, -0.15) is 5.26 Å². The average Bonchev–Trinajstić information content (AvgIpc) is 2.48. The summed E-state index contributed by atoms with van der Waals surface area (Å²) in [5.74, 6) is -2.84. The molecule has 5 atom stereocenters. The van der Waals surface area contributed by atoms with Crippen LogP contribution in [-0.4, -0.2) is 61.0 Å². The van der Waals surface area contributed by atoms with Gasteiger partial charge in [0.2, 0.25) is 0 Å². The van der Waals surface area contributed by atoms with E-state index < -0.39 is 54.4 Å². The molecule has 1 aliphatic rings. The van der Waals surface area contributed by atoms with Gasteiger partial charge in [-0.15, -0.1) is 0 Å². The van der Waals surface area contributed by atoms with E-state index in [1.54, 1.807) is 6.07 Å². The minimum atomic E-state index is -1.32. The maximum Gasteiger partial charge on any atom is 0.303 e. The van der Waals surface area contributed by atoms with Crippen LogP contribution >= 0.6 is 0 Å². The van der Waals surface area contributed by atoms with Gasteiger partial charge < -0.3 is 23.7 Å². The van der Waals surface area contributed by atoms with Gasteiger partial charge >= 0.3 is 23.9 Å². The van der Waals surface area contributed by atoms with Crippen molar-refractivity contribution in [1.82, 2.24) is 0 Å². The Hall–Kier alpha value is -2.67. The largest absolute Gasteiger partial charge is 0.463 e. The van der Waals surface area contributed by atoms with Crippen molar-refractivity contribution in [3.63, 3.8) is 0 Å². The summed E-state index contributed by atoms with van der Waals surface area (Å²) in [6.07, 6.45) is -6.27. The molecule has 0 aromatic carbocycles. The topological polar surface area (TPSA) is 138 Å². The second kappa shape index (κ2) is 8.98. The fourth-order valence-corrected chi connectivity index (χ4v) is 2.33. The highest BCUT2D eigenvalue weighted by Gasteiger charge is 2.52. The van der Waals surface area contributed by atoms with Gasteiger partial charge in [0, 0.05) is 27.7 Å². The van der Waals surface area contributed by atoms with E-state index in [0.29, 0.717) is 0 Å². The molecule has 0 bridgehead atoms. The zero-order valence-corrected chi connectivity index (χ0v) is 14.2. The standard InChI is InChI=1S/C15H19NO9/c1-7(17)21-6-12-14(23-9(3)19)15(24-10(4)20)13(22-8(2)18)11(5-16)25-12/h11-15H,6H2,1-4H3/t11-,12+,13+,14+,15+/m0/s1.